The number of aromatic nitrogens is 4. The van der Waals surface area contributed by atoms with Gasteiger partial charge < -0.3 is 55.3 Å². The molecule has 8 rings (SSSR count). The predicted octanol–water partition coefficient (Wildman–Crippen LogP) is 7.02. The summed E-state index contributed by atoms with van der Waals surface area (Å²) >= 11 is 3.75. The highest BCUT2D eigenvalue weighted by molar-refractivity contribution is 9.10. The zero-order valence-electron chi connectivity index (χ0n) is 37.5. The molecule has 65 heavy (non-hydrogen) atoms. The molecule has 2 saturated heterocycles. The monoisotopic (exact) mass is 955 g/mol. The van der Waals surface area contributed by atoms with Crippen LogP contribution >= 0.6 is 15.9 Å². The first kappa shape index (κ1) is 46.0. The average molecular weight is 957 g/mol. The number of benzene rings is 3. The average Bonchev–Trinajstić information content (AvgIpc) is 4.11. The van der Waals surface area contributed by atoms with Gasteiger partial charge in [0.05, 0.1) is 56.2 Å². The lowest BCUT2D eigenvalue weighted by Gasteiger charge is -2.36. The Labute approximate surface area is 385 Å². The lowest BCUT2D eigenvalue weighted by Crippen LogP contribution is -2.55. The Morgan fingerprint density at radius 2 is 1.77 bits per heavy atom. The van der Waals surface area contributed by atoms with Gasteiger partial charge in [-0.1, -0.05) is 45.0 Å². The number of aliphatic hydroxyl groups is 1. The van der Waals surface area contributed by atoms with Crippen molar-refractivity contribution in [3.05, 3.63) is 76.9 Å². The first-order chi connectivity index (χ1) is 31.3. The van der Waals surface area contributed by atoms with Gasteiger partial charge in [-0.25, -0.2) is 19.6 Å². The number of halogens is 1. The minimum absolute atomic E-state index is 0.117. The van der Waals surface area contributed by atoms with Crippen LogP contribution < -0.4 is 21.1 Å². The van der Waals surface area contributed by atoms with Crippen molar-refractivity contribution < 1.29 is 38.4 Å². The summed E-state index contributed by atoms with van der Waals surface area (Å²) in [5, 5.41) is 19.4. The minimum Gasteiger partial charge on any atom is -0.488 e. The third-order valence-corrected chi connectivity index (χ3v) is 13.8. The number of nitrogens with one attached hydrogen (secondary N) is 4. The number of nitrogens with two attached hydrogens (primary N) is 1. The Kier molecular flexibility index (Phi) is 13.5. The number of imidazole rings is 2. The van der Waals surface area contributed by atoms with Gasteiger partial charge in [0.2, 0.25) is 5.91 Å². The number of methoxy groups -OCH3 is 3. The molecule has 18 heteroatoms. The number of rotatable bonds is 14. The maximum absolute atomic E-state index is 13.9. The van der Waals surface area contributed by atoms with E-state index in [9.17, 15) is 19.5 Å². The Morgan fingerprint density at radius 1 is 1.02 bits per heavy atom. The van der Waals surface area contributed by atoms with Crippen LogP contribution in [0.25, 0.3) is 44.2 Å². The van der Waals surface area contributed by atoms with E-state index in [4.69, 9.17) is 34.6 Å². The van der Waals surface area contributed by atoms with E-state index in [1.807, 2.05) is 37.8 Å². The number of hydrogen-bond acceptors (Lipinski definition) is 12. The number of carbonyl (C=O) groups is 3. The number of hydrogen-bond donors (Lipinski definition) is 6. The molecule has 346 valence electrons. The Hall–Kier alpha value is -5.53. The summed E-state index contributed by atoms with van der Waals surface area (Å²) in [5.41, 5.74) is 12.7. The molecule has 17 nitrogen and oxygen atoms in total. The second-order valence-electron chi connectivity index (χ2n) is 17.5. The van der Waals surface area contributed by atoms with Crippen LogP contribution in [0.5, 0.6) is 5.75 Å². The zero-order chi connectivity index (χ0) is 46.3. The van der Waals surface area contributed by atoms with Crippen molar-refractivity contribution in [1.29, 1.82) is 0 Å². The quantitative estimate of drug-likeness (QED) is 0.0619. The van der Waals surface area contributed by atoms with Gasteiger partial charge >= 0.3 is 12.2 Å². The summed E-state index contributed by atoms with van der Waals surface area (Å²) in [6, 6.07) is 12.3. The maximum atomic E-state index is 13.9. The number of ether oxygens (including phenoxy) is 4. The third kappa shape index (κ3) is 8.81. The SMILES string of the molecule is C=C[C@@H](CC)C(NC(=O)OC)C(O)N1C[C@@H](COC)C[C@H]1c1nc(-c2ccc3c(c2)COc2cc4c(ccc5[nH]c([C@@H]6CC[C@H](N)N6C(=O)[C@@H](NC(=O)OC)C(C)C)nc54)cc2-3)c(Br)[nH]1. The van der Waals surface area contributed by atoms with Crippen LogP contribution in [0.1, 0.15) is 75.8 Å². The van der Waals surface area contributed by atoms with Gasteiger partial charge in [0, 0.05) is 36.1 Å². The number of amides is 3. The molecule has 3 amide bonds. The van der Waals surface area contributed by atoms with E-state index in [-0.39, 0.29) is 29.7 Å². The number of fused-ring (bicyclic) bond motifs is 6. The van der Waals surface area contributed by atoms with E-state index in [0.29, 0.717) is 61.7 Å². The summed E-state index contributed by atoms with van der Waals surface area (Å²) < 4.78 is 22.4. The van der Waals surface area contributed by atoms with E-state index in [0.717, 1.165) is 55.5 Å². The topological polar surface area (TPSA) is 222 Å². The van der Waals surface area contributed by atoms with Crippen molar-refractivity contribution in [2.24, 2.45) is 23.5 Å². The van der Waals surface area contributed by atoms with Gasteiger partial charge in [0.1, 0.15) is 46.6 Å². The van der Waals surface area contributed by atoms with Crippen molar-refractivity contribution >= 4 is 55.8 Å². The number of likely N-dealkylation sites (tertiary alicyclic amines) is 2. The molecule has 2 fully saturated rings. The van der Waals surface area contributed by atoms with Gasteiger partial charge in [0.15, 0.2) is 0 Å². The largest absolute Gasteiger partial charge is 0.488 e. The van der Waals surface area contributed by atoms with Crippen LogP contribution in [0, 0.1) is 17.8 Å². The lowest BCUT2D eigenvalue weighted by atomic mass is 9.92. The van der Waals surface area contributed by atoms with Crippen molar-refractivity contribution in [2.75, 3.05) is 34.5 Å². The molecule has 8 atom stereocenters. The number of aliphatic hydroxyl groups excluding tert-OH is 1. The Balaban J connectivity index is 1.07. The van der Waals surface area contributed by atoms with E-state index in [1.165, 1.54) is 14.2 Å². The molecule has 3 aliphatic heterocycles. The van der Waals surface area contributed by atoms with Crippen molar-refractivity contribution in [3.63, 3.8) is 0 Å². The van der Waals surface area contributed by atoms with Crippen LogP contribution in [0.2, 0.25) is 0 Å². The molecule has 3 aliphatic rings. The molecule has 2 unspecified atom stereocenters. The van der Waals surface area contributed by atoms with Gasteiger partial charge in [-0.15, -0.1) is 6.58 Å². The lowest BCUT2D eigenvalue weighted by molar-refractivity contribution is -0.137. The van der Waals surface area contributed by atoms with Crippen molar-refractivity contribution in [1.82, 2.24) is 40.4 Å². The fourth-order valence-corrected chi connectivity index (χ4v) is 10.4. The second kappa shape index (κ2) is 19.1. The van der Waals surface area contributed by atoms with Gasteiger partial charge in [-0.3, -0.25) is 9.69 Å². The van der Waals surface area contributed by atoms with Gasteiger partial charge in [0.25, 0.3) is 0 Å². The van der Waals surface area contributed by atoms with Crippen LogP contribution in [0.3, 0.4) is 0 Å². The first-order valence-electron chi connectivity index (χ1n) is 22.1. The van der Waals surface area contributed by atoms with Crippen LogP contribution in [-0.2, 0) is 25.6 Å². The van der Waals surface area contributed by atoms with Crippen LogP contribution in [-0.4, -0.2) is 112 Å². The van der Waals surface area contributed by atoms with Crippen LogP contribution in [0.15, 0.2) is 59.7 Å². The molecular weight excluding hydrogens is 898 g/mol. The highest BCUT2D eigenvalue weighted by atomic mass is 79.9. The minimum atomic E-state index is -1.06. The van der Waals surface area contributed by atoms with E-state index < -0.39 is 42.7 Å². The molecule has 0 radical (unpaired) electrons. The molecule has 5 aromatic rings. The molecule has 7 N–H and O–H groups in total. The third-order valence-electron chi connectivity index (χ3n) is 13.2. The summed E-state index contributed by atoms with van der Waals surface area (Å²) in [6.07, 6.45) is 1.39. The molecule has 0 aliphatic carbocycles. The normalized spacial score (nSPS) is 21.4. The fourth-order valence-electron chi connectivity index (χ4n) is 9.85. The summed E-state index contributed by atoms with van der Waals surface area (Å²) in [4.78, 5) is 59.2. The molecule has 0 spiro atoms. The van der Waals surface area contributed by atoms with E-state index in [2.05, 4.69) is 73.4 Å². The highest BCUT2D eigenvalue weighted by Crippen LogP contribution is 2.45. The van der Waals surface area contributed by atoms with Gasteiger partial charge in [-0.2, -0.15) is 0 Å². The number of aromatic amines is 2. The predicted molar refractivity (Wildman–Crippen MR) is 248 cm³/mol. The maximum Gasteiger partial charge on any atom is 0.407 e. The molecule has 5 heterocycles. The molecular formula is C47H58BrN9O8. The number of alkyl carbamates (subject to hydrolysis) is 2. The molecule has 0 bridgehead atoms. The highest BCUT2D eigenvalue weighted by Gasteiger charge is 2.44. The molecule has 2 aromatic heterocycles. The number of carbonyl (C=O) groups excluding carboxylic acids is 3. The smallest absolute Gasteiger partial charge is 0.407 e. The molecule has 0 saturated carbocycles. The standard InChI is InChI=1S/C47H58BrN9O8/c1-8-25(9-2)39(54-47(61)64-7)44(58)56-20-24(21-62-5)16-34(56)43-51-38(41(48)55-43)27-10-12-29-28(17-27)22-65-35-19-30-26(18-31(29)35)11-13-32-40(30)52-42(50-32)33-14-15-36(49)57(33)45(59)37(23(3)4)53-46(60)63-6/h8,10-13,17-19,23-25,33-34,36-37,39,44,58H,1,9,14-16,20-22,49H2,2-7H3,(H,50,52)(H,51,55)(H,53,60)(H,54,61)/t24-,25-,33-,34-,36+,37-,39?,44?/m0/s1. The second-order valence-corrected chi connectivity index (χ2v) is 18.3. The fraction of sp³-hybridized carbons (Fsp3) is 0.468. The Bertz CT molecular complexity index is 2600. The summed E-state index contributed by atoms with van der Waals surface area (Å²) in [7, 11) is 4.24. The summed E-state index contributed by atoms with van der Waals surface area (Å²) in [5.74, 6) is 1.47. The first-order valence-corrected chi connectivity index (χ1v) is 22.9. The zero-order valence-corrected chi connectivity index (χ0v) is 39.1. The number of H-pyrrole nitrogens is 2. The van der Waals surface area contributed by atoms with Crippen LogP contribution in [0.4, 0.5) is 9.59 Å². The van der Waals surface area contributed by atoms with Crippen molar-refractivity contribution in [3.8, 4) is 28.1 Å². The van der Waals surface area contributed by atoms with E-state index >= 15 is 0 Å². The summed E-state index contributed by atoms with van der Waals surface area (Å²) in [6.45, 7) is 11.1. The van der Waals surface area contributed by atoms with Crippen molar-refractivity contribution in [2.45, 2.75) is 89.6 Å². The van der Waals surface area contributed by atoms with E-state index in [1.54, 1.807) is 18.1 Å². The number of nitrogens with zero attached hydrogens (tertiary/aromatic N) is 4. The molecule has 3 aromatic carbocycles. The van der Waals surface area contributed by atoms with Gasteiger partial charge in [-0.05, 0) is 94.2 Å². The Morgan fingerprint density at radius 3 is 2.48 bits per heavy atom.